The van der Waals surface area contributed by atoms with E-state index in [9.17, 15) is 28.8 Å². The molecule has 3 saturated heterocycles. The Kier molecular flexibility index (Phi) is 39.5. The summed E-state index contributed by atoms with van der Waals surface area (Å²) in [4.78, 5) is 76.5. The summed E-state index contributed by atoms with van der Waals surface area (Å²) in [5, 5.41) is 6.25. The Morgan fingerprint density at radius 2 is 0.760 bits per heavy atom. The van der Waals surface area contributed by atoms with Crippen molar-refractivity contribution in [2.45, 2.75) is 225 Å². The number of likely N-dealkylation sites (tertiary alicyclic amines) is 2. The number of carbonyl (C=O) groups is 6. The number of nitrogens with two attached hydrogens (primary N) is 2. The number of hydrogen-bond donors (Lipinski definition) is 4. The summed E-state index contributed by atoms with van der Waals surface area (Å²) in [6.45, 7) is 50.6. The first-order valence-electron chi connectivity index (χ1n) is 25.6. The van der Waals surface area contributed by atoms with Gasteiger partial charge in [0.25, 0.3) is 0 Å². The third-order valence-corrected chi connectivity index (χ3v) is 12.1. The summed E-state index contributed by atoms with van der Waals surface area (Å²) in [6.07, 6.45) is 8.06. The molecule has 0 radical (unpaired) electrons. The van der Waals surface area contributed by atoms with Crippen LogP contribution in [-0.2, 0) is 33.5 Å². The maximum absolute atomic E-state index is 13.0. The molecular weight excluding hydrogens is 941 g/mol. The number of ether oxygens (including phenoxy) is 1. The lowest BCUT2D eigenvalue weighted by Crippen LogP contribution is -2.40. The molecule has 0 aromatic heterocycles. The van der Waals surface area contributed by atoms with E-state index in [1.165, 1.54) is 9.80 Å². The summed E-state index contributed by atoms with van der Waals surface area (Å²) in [5.41, 5.74) is 14.4. The van der Waals surface area contributed by atoms with Crippen LogP contribution in [0.2, 0.25) is 0 Å². The van der Waals surface area contributed by atoms with Crippen molar-refractivity contribution in [2.24, 2.45) is 61.7 Å². The van der Waals surface area contributed by atoms with Crippen molar-refractivity contribution in [3.05, 3.63) is 36.5 Å². The number of esters is 2. The van der Waals surface area contributed by atoms with Crippen LogP contribution < -0.4 is 22.1 Å². The van der Waals surface area contributed by atoms with Crippen LogP contribution in [0.1, 0.15) is 225 Å². The fourth-order valence-corrected chi connectivity index (χ4v) is 11.6. The van der Waals surface area contributed by atoms with E-state index in [1.54, 1.807) is 0 Å². The summed E-state index contributed by atoms with van der Waals surface area (Å²) < 4.78 is 4.57. The Hall–Kier alpha value is -3.52. The minimum Gasteiger partial charge on any atom is -0.393 e. The lowest BCUT2D eigenvalue weighted by molar-refractivity contribution is -0.153. The average Bonchev–Trinajstić information content (AvgIpc) is 3.68. The fraction of sp³-hybridized carbons (Fsp3) is 0.806. The van der Waals surface area contributed by atoms with Gasteiger partial charge < -0.3 is 26.8 Å². The van der Waals surface area contributed by atoms with Gasteiger partial charge in [0.15, 0.2) is 0 Å². The number of cyclic esters (lactones) is 2. The molecule has 4 amide bonds. The van der Waals surface area contributed by atoms with Crippen LogP contribution in [0, 0.1) is 50.2 Å². The van der Waals surface area contributed by atoms with E-state index < -0.39 is 5.97 Å². The minimum absolute atomic E-state index is 0. The Balaban J connectivity index is -0.000000311. The molecule has 6 N–H and O–H groups in total. The molecule has 0 aliphatic carbocycles. The number of allylic oxidation sites excluding steroid dienone is 3. The molecule has 0 aromatic rings. The zero-order valence-electron chi connectivity index (χ0n) is 46.4. The third-order valence-electron chi connectivity index (χ3n) is 12.1. The highest BCUT2D eigenvalue weighted by Crippen LogP contribution is 2.42. The van der Waals surface area contributed by atoms with Gasteiger partial charge in [-0.25, -0.2) is 0 Å². The number of amides is 4. The monoisotopic (exact) mass is 1060 g/mol. The topological polar surface area (TPSA) is 194 Å². The molecule has 3 aliphatic heterocycles. The molecule has 3 heterocycles. The largest absolute Gasteiger partial charge is 0.393 e. The maximum Gasteiger partial charge on any atom is 0.317 e. The smallest absolute Gasteiger partial charge is 0.317 e. The molecular formula is C62H124N6O7. The second-order valence-corrected chi connectivity index (χ2v) is 26.4. The van der Waals surface area contributed by atoms with E-state index in [1.807, 2.05) is 0 Å². The van der Waals surface area contributed by atoms with Gasteiger partial charge in [-0.2, -0.15) is 0 Å². The molecule has 0 aromatic carbocycles. The molecule has 13 heteroatoms. The standard InChI is InChI=1S/C36H61N3O4.C16H26O3.C4H13N3.6CH4/c1-25(21-35(9,10)23-33(3,4)5)17-27-19-29(40)38(31(27)42)15-13-37-14-16-39-30(41)20-28(32(39)43)18-26(2)22-36(11,12)24-34(6,7)8;1-11(7-12-8-13(17)19-14(12)18)9-16(5,6)10-15(2,3)4;5-1-3-7-4-2-6;;;;;;/h27-28,37H,1-2,13-24H2,3-12H3;12H,1,7-10H2,2-6H3;7H,1-6H2;6*1H4. The van der Waals surface area contributed by atoms with Crippen molar-refractivity contribution in [2.75, 3.05) is 52.4 Å². The van der Waals surface area contributed by atoms with Crippen molar-refractivity contribution in [1.82, 2.24) is 20.4 Å². The van der Waals surface area contributed by atoms with Crippen LogP contribution >= 0.6 is 0 Å². The van der Waals surface area contributed by atoms with E-state index in [4.69, 9.17) is 11.5 Å². The zero-order chi connectivity index (χ0) is 53.3. The number of nitrogens with zero attached hydrogens (tertiary/aromatic N) is 2. The van der Waals surface area contributed by atoms with Crippen LogP contribution in [-0.4, -0.2) is 97.7 Å². The first-order valence-corrected chi connectivity index (χ1v) is 25.6. The molecule has 3 aliphatic rings. The van der Waals surface area contributed by atoms with Gasteiger partial charge in [-0.15, -0.1) is 0 Å². The van der Waals surface area contributed by atoms with E-state index in [-0.39, 0.29) is 157 Å². The van der Waals surface area contributed by atoms with Crippen molar-refractivity contribution in [1.29, 1.82) is 0 Å². The van der Waals surface area contributed by atoms with Gasteiger partial charge in [-0.3, -0.25) is 38.6 Å². The van der Waals surface area contributed by atoms with Crippen LogP contribution in [0.15, 0.2) is 36.5 Å². The van der Waals surface area contributed by atoms with Crippen LogP contribution in [0.25, 0.3) is 0 Å². The number of imide groups is 2. The number of carbonyl (C=O) groups excluding carboxylic acids is 6. The molecule has 3 rings (SSSR count). The number of rotatable bonds is 25. The molecule has 0 saturated carbocycles. The first kappa shape index (κ1) is 82.8. The minimum atomic E-state index is -0.406. The van der Waals surface area contributed by atoms with Crippen molar-refractivity contribution >= 4 is 35.6 Å². The summed E-state index contributed by atoms with van der Waals surface area (Å²) >= 11 is 0. The third kappa shape index (κ3) is 34.8. The number of nitrogens with one attached hydrogen (secondary N) is 2. The normalized spacial score (nSPS) is 17.9. The highest BCUT2D eigenvalue weighted by Gasteiger charge is 2.41. The molecule has 0 spiro atoms. The van der Waals surface area contributed by atoms with Crippen LogP contribution in [0.3, 0.4) is 0 Å². The van der Waals surface area contributed by atoms with Crippen molar-refractivity contribution < 1.29 is 33.5 Å². The Morgan fingerprint density at radius 3 is 1.01 bits per heavy atom. The summed E-state index contributed by atoms with van der Waals surface area (Å²) in [6, 6.07) is 0. The SMILES string of the molecule is C.C.C.C.C.C.C=C(CC1CC(=O)N(CCNCCN2C(=O)CC(CC(=C)CC(C)(C)CC(C)(C)C)C2=O)C1=O)CC(C)(C)CC(C)(C)C.C=C(CC1CC(=O)OC1=O)CC(C)(C)CC(C)(C)C.NCCNCCN. The van der Waals surface area contributed by atoms with Gasteiger partial charge >= 0.3 is 11.9 Å². The predicted octanol–water partition coefficient (Wildman–Crippen LogP) is 13.1. The van der Waals surface area contributed by atoms with Gasteiger partial charge in [0.1, 0.15) is 0 Å². The van der Waals surface area contributed by atoms with E-state index in [2.05, 4.69) is 139 Å². The van der Waals surface area contributed by atoms with Gasteiger partial charge in [-0.05, 0) is 90.3 Å². The number of hydrogen-bond acceptors (Lipinski definition) is 11. The second-order valence-electron chi connectivity index (χ2n) is 26.4. The van der Waals surface area contributed by atoms with E-state index in [0.29, 0.717) is 45.4 Å². The summed E-state index contributed by atoms with van der Waals surface area (Å²) in [5.74, 6) is -2.32. The van der Waals surface area contributed by atoms with E-state index >= 15 is 0 Å². The molecule has 13 nitrogen and oxygen atoms in total. The van der Waals surface area contributed by atoms with Crippen molar-refractivity contribution in [3.63, 3.8) is 0 Å². The molecule has 3 fully saturated rings. The van der Waals surface area contributed by atoms with Gasteiger partial charge in [-0.1, -0.05) is 185 Å². The zero-order valence-corrected chi connectivity index (χ0v) is 46.4. The molecule has 3 unspecified atom stereocenters. The Morgan fingerprint density at radius 1 is 0.480 bits per heavy atom. The Bertz CT molecular complexity index is 1690. The van der Waals surface area contributed by atoms with Crippen LogP contribution in [0.5, 0.6) is 0 Å². The molecule has 444 valence electrons. The quantitative estimate of drug-likeness (QED) is 0.0223. The Labute approximate surface area is 463 Å². The highest BCUT2D eigenvalue weighted by atomic mass is 16.6. The van der Waals surface area contributed by atoms with Gasteiger partial charge in [0.05, 0.1) is 24.2 Å². The highest BCUT2D eigenvalue weighted by molar-refractivity contribution is 6.04. The lowest BCUT2D eigenvalue weighted by atomic mass is 9.72. The van der Waals surface area contributed by atoms with Crippen molar-refractivity contribution in [3.8, 4) is 0 Å². The van der Waals surface area contributed by atoms with Crippen LogP contribution in [0.4, 0.5) is 0 Å². The van der Waals surface area contributed by atoms with Gasteiger partial charge in [0.2, 0.25) is 23.6 Å². The second kappa shape index (κ2) is 35.8. The first-order chi connectivity index (χ1) is 31.4. The molecule has 3 atom stereocenters. The maximum atomic E-state index is 13.0. The lowest BCUT2D eigenvalue weighted by Gasteiger charge is -2.33. The summed E-state index contributed by atoms with van der Waals surface area (Å²) in [7, 11) is 0. The average molecular weight is 1070 g/mol. The van der Waals surface area contributed by atoms with E-state index in [0.717, 1.165) is 68.3 Å². The predicted molar refractivity (Wildman–Crippen MR) is 322 cm³/mol. The molecule has 75 heavy (non-hydrogen) atoms. The van der Waals surface area contributed by atoms with Gasteiger partial charge in [0, 0.05) is 65.2 Å². The molecule has 0 bridgehead atoms. The fourth-order valence-electron chi connectivity index (χ4n) is 11.6.